The summed E-state index contributed by atoms with van der Waals surface area (Å²) < 4.78 is 5.91. The molecule has 3 aromatic rings. The third-order valence-corrected chi connectivity index (χ3v) is 6.00. The maximum atomic E-state index is 12.4. The average Bonchev–Trinajstić information content (AvgIpc) is 3.19. The third kappa shape index (κ3) is 5.16. The van der Waals surface area contributed by atoms with Gasteiger partial charge in [-0.3, -0.25) is 14.5 Å². The van der Waals surface area contributed by atoms with Crippen LogP contribution in [0.1, 0.15) is 41.3 Å². The zero-order chi connectivity index (χ0) is 22.7. The summed E-state index contributed by atoms with van der Waals surface area (Å²) in [5, 5.41) is 5.65. The van der Waals surface area contributed by atoms with Crippen molar-refractivity contribution < 1.29 is 14.0 Å². The van der Waals surface area contributed by atoms with Crippen molar-refractivity contribution in [1.82, 2.24) is 15.2 Å². The van der Waals surface area contributed by atoms with Crippen LogP contribution in [0.2, 0.25) is 0 Å². The fourth-order valence-corrected chi connectivity index (χ4v) is 4.40. The Morgan fingerprint density at radius 1 is 1.06 bits per heavy atom. The first-order valence-corrected chi connectivity index (χ1v) is 11.1. The highest BCUT2D eigenvalue weighted by Crippen LogP contribution is 2.29. The molecule has 7 nitrogen and oxygen atoms in total. The number of anilines is 1. The Balaban J connectivity index is 1.22. The monoisotopic (exact) mass is 434 g/mol. The summed E-state index contributed by atoms with van der Waals surface area (Å²) in [5.74, 6) is 0.697. The van der Waals surface area contributed by atoms with Gasteiger partial charge in [0.15, 0.2) is 11.5 Å². The number of benzene rings is 2. The predicted octanol–water partition coefficient (Wildman–Crippen LogP) is 3.69. The lowest BCUT2D eigenvalue weighted by atomic mass is 9.97. The van der Waals surface area contributed by atoms with Gasteiger partial charge in [0.2, 0.25) is 11.8 Å². The van der Waals surface area contributed by atoms with Gasteiger partial charge in [-0.05, 0) is 70.0 Å². The Labute approximate surface area is 188 Å². The number of aryl methyl sites for hydroxylation is 3. The van der Waals surface area contributed by atoms with Gasteiger partial charge in [0.05, 0.1) is 13.1 Å². The molecular weight excluding hydrogens is 404 g/mol. The van der Waals surface area contributed by atoms with E-state index in [2.05, 4.69) is 20.5 Å². The number of hydrogen-bond acceptors (Lipinski definition) is 5. The molecule has 2 N–H and O–H groups in total. The molecule has 7 heteroatoms. The molecule has 2 aromatic carbocycles. The van der Waals surface area contributed by atoms with Crippen LogP contribution >= 0.6 is 0 Å². The molecule has 1 aromatic heterocycles. The minimum atomic E-state index is -0.219. The van der Waals surface area contributed by atoms with Gasteiger partial charge in [-0.15, -0.1) is 0 Å². The van der Waals surface area contributed by atoms with Crippen molar-refractivity contribution >= 4 is 28.6 Å². The second-order valence-corrected chi connectivity index (χ2v) is 8.67. The van der Waals surface area contributed by atoms with Gasteiger partial charge in [0.25, 0.3) is 0 Å². The van der Waals surface area contributed by atoms with Crippen molar-refractivity contribution in [3.05, 3.63) is 59.0 Å². The molecule has 1 aliphatic rings. The van der Waals surface area contributed by atoms with Gasteiger partial charge < -0.3 is 15.1 Å². The number of nitrogens with zero attached hydrogens (tertiary/aromatic N) is 2. The highest BCUT2D eigenvalue weighted by molar-refractivity contribution is 5.96. The zero-order valence-electron chi connectivity index (χ0n) is 18.9. The number of nitrogens with one attached hydrogen (secondary N) is 2. The first kappa shape index (κ1) is 22.0. The lowest BCUT2D eigenvalue weighted by Crippen LogP contribution is -2.43. The molecule has 0 atom stereocenters. The highest BCUT2D eigenvalue weighted by atomic mass is 16.3. The Morgan fingerprint density at radius 2 is 1.75 bits per heavy atom. The number of rotatable bonds is 6. The molecule has 4 rings (SSSR count). The van der Waals surface area contributed by atoms with E-state index in [1.165, 1.54) is 0 Å². The predicted molar refractivity (Wildman–Crippen MR) is 125 cm³/mol. The Kier molecular flexibility index (Phi) is 6.55. The van der Waals surface area contributed by atoms with Crippen molar-refractivity contribution in [2.24, 2.45) is 0 Å². The molecule has 0 bridgehead atoms. The molecule has 1 aliphatic heterocycles. The second kappa shape index (κ2) is 9.53. The highest BCUT2D eigenvalue weighted by Gasteiger charge is 2.25. The molecule has 1 saturated heterocycles. The van der Waals surface area contributed by atoms with Crippen molar-refractivity contribution in [2.75, 3.05) is 31.5 Å². The normalized spacial score (nSPS) is 15.1. The molecule has 0 aliphatic carbocycles. The van der Waals surface area contributed by atoms with E-state index in [-0.39, 0.29) is 30.8 Å². The van der Waals surface area contributed by atoms with Gasteiger partial charge in [0.1, 0.15) is 5.52 Å². The molecule has 2 heterocycles. The van der Waals surface area contributed by atoms with Crippen LogP contribution in [0.5, 0.6) is 0 Å². The number of likely N-dealkylation sites (tertiary alicyclic amines) is 1. The van der Waals surface area contributed by atoms with Crippen LogP contribution in [0.15, 0.2) is 40.8 Å². The summed E-state index contributed by atoms with van der Waals surface area (Å²) in [5.41, 5.74) is 5.72. The van der Waals surface area contributed by atoms with Gasteiger partial charge in [-0.1, -0.05) is 29.8 Å². The molecule has 0 unspecified atom stereocenters. The fraction of sp³-hybridized carbons (Fsp3) is 0.400. The maximum Gasteiger partial charge on any atom is 0.243 e. The first-order valence-electron chi connectivity index (χ1n) is 11.1. The first-order chi connectivity index (χ1) is 15.4. The van der Waals surface area contributed by atoms with Crippen molar-refractivity contribution in [3.8, 4) is 0 Å². The summed E-state index contributed by atoms with van der Waals surface area (Å²) in [7, 11) is 0. The van der Waals surface area contributed by atoms with Crippen LogP contribution in [0.3, 0.4) is 0 Å². The number of aromatic nitrogens is 1. The maximum absolute atomic E-state index is 12.4. The minimum Gasteiger partial charge on any atom is -0.440 e. The van der Waals surface area contributed by atoms with Crippen LogP contribution in [-0.2, 0) is 9.59 Å². The van der Waals surface area contributed by atoms with Crippen LogP contribution in [0.4, 0.5) is 5.69 Å². The minimum absolute atomic E-state index is 0.0367. The number of fused-ring (bicyclic) bond motifs is 1. The quantitative estimate of drug-likeness (QED) is 0.618. The standard InChI is InChI=1S/C25H30N4O3/c1-16-12-17(2)24(18(3)13-16)28-22(30)14-26-23(31)15-29-10-8-19(9-11-29)25-27-20-6-4-5-7-21(20)32-25/h4-7,12-13,19H,8-11,14-15H2,1-3H3,(H,26,31)(H,28,30). The SMILES string of the molecule is Cc1cc(C)c(NC(=O)CNC(=O)CN2CCC(c3nc4ccccc4o3)CC2)c(C)c1. The largest absolute Gasteiger partial charge is 0.440 e. The molecular formula is C25H30N4O3. The van der Waals surface area contributed by atoms with Gasteiger partial charge >= 0.3 is 0 Å². The van der Waals surface area contributed by atoms with Gasteiger partial charge in [-0.25, -0.2) is 4.98 Å². The average molecular weight is 435 g/mol. The zero-order valence-corrected chi connectivity index (χ0v) is 18.9. The molecule has 2 amide bonds. The number of amides is 2. The number of carbonyl (C=O) groups is 2. The molecule has 0 spiro atoms. The summed E-state index contributed by atoms with van der Waals surface area (Å²) in [4.78, 5) is 31.4. The third-order valence-electron chi connectivity index (χ3n) is 6.00. The van der Waals surface area contributed by atoms with Crippen molar-refractivity contribution in [3.63, 3.8) is 0 Å². The molecule has 0 radical (unpaired) electrons. The lowest BCUT2D eigenvalue weighted by molar-refractivity contribution is -0.125. The van der Waals surface area contributed by atoms with E-state index in [9.17, 15) is 9.59 Å². The van der Waals surface area contributed by atoms with Gasteiger partial charge in [-0.2, -0.15) is 0 Å². The number of piperidine rings is 1. The van der Waals surface area contributed by atoms with E-state index in [1.807, 2.05) is 57.2 Å². The van der Waals surface area contributed by atoms with Crippen LogP contribution in [0.25, 0.3) is 11.1 Å². The second-order valence-electron chi connectivity index (χ2n) is 8.67. The van der Waals surface area contributed by atoms with E-state index in [4.69, 9.17) is 4.42 Å². The topological polar surface area (TPSA) is 87.5 Å². The Bertz CT molecular complexity index is 1070. The van der Waals surface area contributed by atoms with Crippen molar-refractivity contribution in [2.45, 2.75) is 39.5 Å². The van der Waals surface area contributed by atoms with E-state index < -0.39 is 0 Å². The van der Waals surface area contributed by atoms with E-state index in [0.29, 0.717) is 0 Å². The summed E-state index contributed by atoms with van der Waals surface area (Å²) in [6.45, 7) is 7.82. The summed E-state index contributed by atoms with van der Waals surface area (Å²) in [6, 6.07) is 11.9. The Hall–Kier alpha value is -3.19. The van der Waals surface area contributed by atoms with Gasteiger partial charge in [0, 0.05) is 11.6 Å². The molecule has 32 heavy (non-hydrogen) atoms. The van der Waals surface area contributed by atoms with E-state index >= 15 is 0 Å². The number of oxazole rings is 1. The van der Waals surface area contributed by atoms with E-state index in [0.717, 1.165) is 65.3 Å². The van der Waals surface area contributed by atoms with Crippen molar-refractivity contribution in [1.29, 1.82) is 0 Å². The number of para-hydroxylation sites is 2. The molecule has 1 fully saturated rings. The lowest BCUT2D eigenvalue weighted by Gasteiger charge is -2.29. The van der Waals surface area contributed by atoms with E-state index in [1.54, 1.807) is 0 Å². The Morgan fingerprint density at radius 3 is 2.44 bits per heavy atom. The smallest absolute Gasteiger partial charge is 0.243 e. The number of hydrogen-bond donors (Lipinski definition) is 2. The summed E-state index contributed by atoms with van der Waals surface area (Å²) in [6.07, 6.45) is 1.79. The van der Waals surface area contributed by atoms with Crippen LogP contribution < -0.4 is 10.6 Å². The molecule has 168 valence electrons. The number of carbonyl (C=O) groups excluding carboxylic acids is 2. The molecule has 0 saturated carbocycles. The van der Waals surface area contributed by atoms with Crippen LogP contribution in [0, 0.1) is 20.8 Å². The fourth-order valence-electron chi connectivity index (χ4n) is 4.40. The van der Waals surface area contributed by atoms with Crippen LogP contribution in [-0.4, -0.2) is 47.9 Å². The summed E-state index contributed by atoms with van der Waals surface area (Å²) >= 11 is 0.